The molecule has 0 spiro atoms. The van der Waals surface area contributed by atoms with Crippen LogP contribution in [0, 0.1) is 5.92 Å². The average molecular weight is 366 g/mol. The lowest BCUT2D eigenvalue weighted by Gasteiger charge is -2.12. The molecule has 0 bridgehead atoms. The molecule has 0 saturated carbocycles. The Morgan fingerprint density at radius 3 is 2.58 bits per heavy atom. The monoisotopic (exact) mass is 365 g/mol. The van der Waals surface area contributed by atoms with Gasteiger partial charge in [-0.15, -0.1) is 5.10 Å². The Morgan fingerprint density at radius 1 is 1.12 bits per heavy atom. The van der Waals surface area contributed by atoms with E-state index in [1.165, 1.54) is 19.3 Å². The van der Waals surface area contributed by atoms with E-state index in [0.717, 1.165) is 50.9 Å². The minimum Gasteiger partial charge on any atom is -0.355 e. The Morgan fingerprint density at radius 2 is 1.85 bits per heavy atom. The maximum atomic E-state index is 12.0. The van der Waals surface area contributed by atoms with E-state index in [9.17, 15) is 4.79 Å². The van der Waals surface area contributed by atoms with Crippen molar-refractivity contribution in [2.75, 3.05) is 13.1 Å². The minimum absolute atomic E-state index is 0.0952. The summed E-state index contributed by atoms with van der Waals surface area (Å²) in [6.07, 6.45) is 10.8. The van der Waals surface area contributed by atoms with E-state index in [2.05, 4.69) is 41.7 Å². The molecule has 150 valence electrons. The quantitative estimate of drug-likeness (QED) is 0.468. The summed E-state index contributed by atoms with van der Waals surface area (Å²) in [6.45, 7) is 11.1. The highest BCUT2D eigenvalue weighted by atomic mass is 16.1. The summed E-state index contributed by atoms with van der Waals surface area (Å²) in [5.74, 6) is 0.243. The number of unbranched alkanes of at least 4 members (excludes halogenated alkanes) is 2. The number of carbonyl (C=O) groups excluding carboxylic acids is 1. The number of carbonyl (C=O) groups is 1. The molecule has 26 heavy (non-hydrogen) atoms. The van der Waals surface area contributed by atoms with E-state index in [4.69, 9.17) is 0 Å². The molecule has 6 heteroatoms. The molecule has 2 atom stereocenters. The van der Waals surface area contributed by atoms with Crippen LogP contribution < -0.4 is 10.6 Å². The van der Waals surface area contributed by atoms with Crippen LogP contribution in [0.15, 0.2) is 6.20 Å². The van der Waals surface area contributed by atoms with Crippen molar-refractivity contribution >= 4 is 5.91 Å². The number of aromatic nitrogens is 3. The third-order valence-corrected chi connectivity index (χ3v) is 4.75. The lowest BCUT2D eigenvalue weighted by molar-refractivity contribution is -0.124. The number of nitrogens with zero attached hydrogens (tertiary/aromatic N) is 3. The van der Waals surface area contributed by atoms with Gasteiger partial charge >= 0.3 is 0 Å². The van der Waals surface area contributed by atoms with Gasteiger partial charge in [0.1, 0.15) is 0 Å². The van der Waals surface area contributed by atoms with Gasteiger partial charge in [0.2, 0.25) is 5.91 Å². The van der Waals surface area contributed by atoms with E-state index in [0.29, 0.717) is 12.6 Å². The lowest BCUT2D eigenvalue weighted by Crippen LogP contribution is -2.30. The standard InChI is InChI=1S/C20H39N5O/c1-5-7-10-17(3)20(26)22-14-12-19-16-25(24-23-19)15-9-13-21-18(4)11-8-6-2/h16-18,21H,5-15H2,1-4H3,(H,22,26). The Bertz CT molecular complexity index is 488. The smallest absolute Gasteiger partial charge is 0.222 e. The molecule has 6 nitrogen and oxygen atoms in total. The van der Waals surface area contributed by atoms with E-state index >= 15 is 0 Å². The van der Waals surface area contributed by atoms with Gasteiger partial charge in [0.25, 0.3) is 0 Å². The lowest BCUT2D eigenvalue weighted by atomic mass is 10.0. The van der Waals surface area contributed by atoms with Crippen molar-refractivity contribution in [3.8, 4) is 0 Å². The second-order valence-electron chi connectivity index (χ2n) is 7.41. The number of hydrogen-bond acceptors (Lipinski definition) is 4. The Kier molecular flexibility index (Phi) is 11.9. The second-order valence-corrected chi connectivity index (χ2v) is 7.41. The molecular formula is C20H39N5O. The first-order chi connectivity index (χ1) is 12.6. The Hall–Kier alpha value is -1.43. The molecule has 1 aromatic rings. The molecule has 1 rings (SSSR count). The van der Waals surface area contributed by atoms with Gasteiger partial charge in [-0.05, 0) is 32.7 Å². The zero-order chi connectivity index (χ0) is 19.2. The summed E-state index contributed by atoms with van der Waals surface area (Å²) in [7, 11) is 0. The zero-order valence-corrected chi connectivity index (χ0v) is 17.3. The van der Waals surface area contributed by atoms with Crippen LogP contribution in [-0.2, 0) is 17.8 Å². The highest BCUT2D eigenvalue weighted by molar-refractivity contribution is 5.78. The second kappa shape index (κ2) is 13.7. The molecule has 0 aliphatic heterocycles. The van der Waals surface area contributed by atoms with Crippen LogP contribution in [-0.4, -0.2) is 40.0 Å². The summed E-state index contributed by atoms with van der Waals surface area (Å²) in [4.78, 5) is 12.0. The fraction of sp³-hybridized carbons (Fsp3) is 0.850. The van der Waals surface area contributed by atoms with Crippen LogP contribution in [0.3, 0.4) is 0 Å². The maximum absolute atomic E-state index is 12.0. The molecular weight excluding hydrogens is 326 g/mol. The largest absolute Gasteiger partial charge is 0.355 e. The van der Waals surface area contributed by atoms with E-state index in [1.54, 1.807) is 0 Å². The Labute approximate surface area is 159 Å². The highest BCUT2D eigenvalue weighted by Gasteiger charge is 2.11. The number of rotatable bonds is 15. The van der Waals surface area contributed by atoms with Gasteiger partial charge in [0, 0.05) is 37.7 Å². The van der Waals surface area contributed by atoms with E-state index in [1.807, 2.05) is 17.8 Å². The van der Waals surface area contributed by atoms with E-state index in [-0.39, 0.29) is 11.8 Å². The number of nitrogens with one attached hydrogen (secondary N) is 2. The van der Waals surface area contributed by atoms with Gasteiger partial charge in [0.15, 0.2) is 0 Å². The SMILES string of the molecule is CCCCC(C)NCCCn1cc(CCNC(=O)C(C)CCCC)nn1. The van der Waals surface area contributed by atoms with Crippen molar-refractivity contribution in [1.82, 2.24) is 25.6 Å². The predicted octanol–water partition coefficient (Wildman–Crippen LogP) is 3.32. The summed E-state index contributed by atoms with van der Waals surface area (Å²) in [5, 5.41) is 14.9. The van der Waals surface area contributed by atoms with Crippen LogP contribution in [0.1, 0.15) is 78.3 Å². The van der Waals surface area contributed by atoms with Crippen LogP contribution >= 0.6 is 0 Å². The minimum atomic E-state index is 0.0952. The molecule has 0 aliphatic carbocycles. The van der Waals surface area contributed by atoms with Gasteiger partial charge in [-0.1, -0.05) is 51.7 Å². The summed E-state index contributed by atoms with van der Waals surface area (Å²) < 4.78 is 1.90. The third-order valence-electron chi connectivity index (χ3n) is 4.75. The molecule has 0 saturated heterocycles. The normalized spacial score (nSPS) is 13.5. The molecule has 0 fully saturated rings. The molecule has 0 radical (unpaired) electrons. The Balaban J connectivity index is 2.16. The van der Waals surface area contributed by atoms with Gasteiger partial charge in [-0.3, -0.25) is 9.48 Å². The van der Waals surface area contributed by atoms with Crippen LogP contribution in [0.4, 0.5) is 0 Å². The van der Waals surface area contributed by atoms with Crippen LogP contribution in [0.5, 0.6) is 0 Å². The number of aryl methyl sites for hydroxylation is 1. The van der Waals surface area contributed by atoms with Gasteiger partial charge < -0.3 is 10.6 Å². The molecule has 1 amide bonds. The molecule has 2 unspecified atom stereocenters. The fourth-order valence-corrected chi connectivity index (χ4v) is 2.89. The predicted molar refractivity (Wildman–Crippen MR) is 107 cm³/mol. The first-order valence-electron chi connectivity index (χ1n) is 10.5. The van der Waals surface area contributed by atoms with Crippen molar-refractivity contribution < 1.29 is 4.79 Å². The molecule has 1 aromatic heterocycles. The third kappa shape index (κ3) is 9.90. The van der Waals surface area contributed by atoms with Crippen molar-refractivity contribution in [1.29, 1.82) is 0 Å². The maximum Gasteiger partial charge on any atom is 0.222 e. The van der Waals surface area contributed by atoms with Gasteiger partial charge in [-0.2, -0.15) is 0 Å². The molecule has 1 heterocycles. The van der Waals surface area contributed by atoms with Crippen molar-refractivity contribution in [2.24, 2.45) is 5.92 Å². The highest BCUT2D eigenvalue weighted by Crippen LogP contribution is 2.07. The van der Waals surface area contributed by atoms with Crippen LogP contribution in [0.2, 0.25) is 0 Å². The number of hydrogen-bond donors (Lipinski definition) is 2. The summed E-state index contributed by atoms with van der Waals surface area (Å²) in [5.41, 5.74) is 0.941. The van der Waals surface area contributed by atoms with Crippen molar-refractivity contribution in [3.63, 3.8) is 0 Å². The van der Waals surface area contributed by atoms with Crippen LogP contribution in [0.25, 0.3) is 0 Å². The number of amides is 1. The zero-order valence-electron chi connectivity index (χ0n) is 17.3. The van der Waals surface area contributed by atoms with Gasteiger partial charge in [-0.25, -0.2) is 0 Å². The first-order valence-corrected chi connectivity index (χ1v) is 10.5. The van der Waals surface area contributed by atoms with Crippen molar-refractivity contribution in [2.45, 2.75) is 91.6 Å². The average Bonchev–Trinajstić information content (AvgIpc) is 3.09. The summed E-state index contributed by atoms with van der Waals surface area (Å²) >= 11 is 0. The van der Waals surface area contributed by atoms with Crippen molar-refractivity contribution in [3.05, 3.63) is 11.9 Å². The molecule has 0 aromatic carbocycles. The molecule has 2 N–H and O–H groups in total. The van der Waals surface area contributed by atoms with E-state index < -0.39 is 0 Å². The fourth-order valence-electron chi connectivity index (χ4n) is 2.89. The first kappa shape index (κ1) is 22.6. The topological polar surface area (TPSA) is 71.8 Å². The summed E-state index contributed by atoms with van der Waals surface area (Å²) in [6, 6.07) is 0.588. The van der Waals surface area contributed by atoms with Gasteiger partial charge in [0.05, 0.1) is 5.69 Å². The molecule has 0 aliphatic rings.